The number of aliphatic hydroxyl groups is 1. The molecule has 1 saturated carbocycles. The smallest absolute Gasteiger partial charge is 0.343 e. The van der Waals surface area contributed by atoms with Crippen LogP contribution in [-0.4, -0.2) is 36.9 Å². The molecule has 1 aromatic carbocycles. The van der Waals surface area contributed by atoms with Crippen molar-refractivity contribution in [3.05, 3.63) is 28.8 Å². The Morgan fingerprint density at radius 3 is 2.42 bits per heavy atom. The van der Waals surface area contributed by atoms with Crippen molar-refractivity contribution >= 4 is 5.97 Å². The molecule has 5 heteroatoms. The molecular formula is C19H29NO4. The summed E-state index contributed by atoms with van der Waals surface area (Å²) in [7, 11) is 1.35. The fraction of sp³-hybridized carbons (Fsp3) is 0.632. The van der Waals surface area contributed by atoms with Crippen LogP contribution in [0.25, 0.3) is 0 Å². The van der Waals surface area contributed by atoms with E-state index in [0.29, 0.717) is 13.1 Å². The molecule has 0 radical (unpaired) electrons. The van der Waals surface area contributed by atoms with E-state index in [4.69, 9.17) is 4.74 Å². The van der Waals surface area contributed by atoms with Gasteiger partial charge in [-0.1, -0.05) is 31.4 Å². The van der Waals surface area contributed by atoms with Gasteiger partial charge in [-0.05, 0) is 43.4 Å². The second kappa shape index (κ2) is 8.49. The lowest BCUT2D eigenvalue weighted by Crippen LogP contribution is -2.41. The molecule has 1 aliphatic rings. The number of carbonyl (C=O) groups excluding carboxylic acids is 1. The topological polar surface area (TPSA) is 67.8 Å². The largest absolute Gasteiger partial charge is 0.481 e. The van der Waals surface area contributed by atoms with Gasteiger partial charge < -0.3 is 19.9 Å². The van der Waals surface area contributed by atoms with Crippen LogP contribution in [0.5, 0.6) is 5.75 Å². The molecule has 1 fully saturated rings. The lowest BCUT2D eigenvalue weighted by molar-refractivity contribution is -0.142. The number of hydrogen-bond acceptors (Lipinski definition) is 5. The zero-order chi connectivity index (χ0) is 17.6. The van der Waals surface area contributed by atoms with Crippen molar-refractivity contribution in [2.45, 2.75) is 58.1 Å². The Morgan fingerprint density at radius 2 is 1.83 bits per heavy atom. The normalized spacial score (nSPS) is 16.7. The molecule has 0 heterocycles. The maximum absolute atomic E-state index is 11.2. The van der Waals surface area contributed by atoms with Gasteiger partial charge in [-0.25, -0.2) is 4.79 Å². The number of rotatable bonds is 7. The first-order valence-corrected chi connectivity index (χ1v) is 8.66. The summed E-state index contributed by atoms with van der Waals surface area (Å²) in [6.07, 6.45) is 5.23. The van der Waals surface area contributed by atoms with Gasteiger partial charge in [0, 0.05) is 13.1 Å². The van der Waals surface area contributed by atoms with E-state index in [0.717, 1.165) is 48.1 Å². The third-order valence-electron chi connectivity index (χ3n) is 4.65. The van der Waals surface area contributed by atoms with Crippen molar-refractivity contribution in [2.24, 2.45) is 0 Å². The summed E-state index contributed by atoms with van der Waals surface area (Å²) in [6, 6.07) is 4.11. The van der Waals surface area contributed by atoms with Crippen molar-refractivity contribution in [1.29, 1.82) is 0 Å². The molecule has 2 N–H and O–H groups in total. The number of aryl methyl sites for hydroxylation is 2. The number of esters is 1. The highest BCUT2D eigenvalue weighted by molar-refractivity contribution is 5.71. The second-order valence-corrected chi connectivity index (χ2v) is 6.81. The summed E-state index contributed by atoms with van der Waals surface area (Å²) in [5.74, 6) is 0.343. The molecule has 0 unspecified atom stereocenters. The Labute approximate surface area is 144 Å². The minimum absolute atomic E-state index is 0.0805. The SMILES string of the molecule is COC(=O)COc1c(C)cc(CNCC2(O)CCCCC2)cc1C. The summed E-state index contributed by atoms with van der Waals surface area (Å²) < 4.78 is 10.2. The predicted octanol–water partition coefficient (Wildman–Crippen LogP) is 2.64. The molecule has 0 saturated heterocycles. The highest BCUT2D eigenvalue weighted by atomic mass is 16.6. The standard InChI is InChI=1S/C19H29NO4/c1-14-9-16(10-15(2)18(14)24-12-17(21)23-3)11-20-13-19(22)7-5-4-6-8-19/h9-10,20,22H,4-8,11-13H2,1-3H3. The van der Waals surface area contributed by atoms with Crippen LogP contribution in [0.3, 0.4) is 0 Å². The van der Waals surface area contributed by atoms with Gasteiger partial charge in [0.25, 0.3) is 0 Å². The summed E-state index contributed by atoms with van der Waals surface area (Å²) in [6.45, 7) is 5.20. The Balaban J connectivity index is 1.90. The van der Waals surface area contributed by atoms with Gasteiger partial charge >= 0.3 is 5.97 Å². The van der Waals surface area contributed by atoms with Crippen molar-refractivity contribution in [1.82, 2.24) is 5.32 Å². The summed E-state index contributed by atoms with van der Waals surface area (Å²) >= 11 is 0. The Hall–Kier alpha value is -1.59. The van der Waals surface area contributed by atoms with Gasteiger partial charge in [0.05, 0.1) is 12.7 Å². The van der Waals surface area contributed by atoms with E-state index in [9.17, 15) is 9.90 Å². The fourth-order valence-electron chi connectivity index (χ4n) is 3.39. The van der Waals surface area contributed by atoms with Crippen molar-refractivity contribution in [3.8, 4) is 5.75 Å². The van der Waals surface area contributed by atoms with Crippen LogP contribution in [-0.2, 0) is 16.1 Å². The molecule has 2 rings (SSSR count). The molecule has 0 aromatic heterocycles. The molecule has 24 heavy (non-hydrogen) atoms. The first-order chi connectivity index (χ1) is 11.4. The second-order valence-electron chi connectivity index (χ2n) is 6.81. The lowest BCUT2D eigenvalue weighted by atomic mass is 9.85. The molecule has 0 atom stereocenters. The van der Waals surface area contributed by atoms with Crippen LogP contribution < -0.4 is 10.1 Å². The third-order valence-corrected chi connectivity index (χ3v) is 4.65. The summed E-state index contributed by atoms with van der Waals surface area (Å²) in [5, 5.41) is 13.9. The maximum atomic E-state index is 11.2. The van der Waals surface area contributed by atoms with E-state index >= 15 is 0 Å². The molecule has 1 aromatic rings. The van der Waals surface area contributed by atoms with Gasteiger partial charge in [0.1, 0.15) is 5.75 Å². The fourth-order valence-corrected chi connectivity index (χ4v) is 3.39. The van der Waals surface area contributed by atoms with Crippen molar-refractivity contribution < 1.29 is 19.4 Å². The monoisotopic (exact) mass is 335 g/mol. The maximum Gasteiger partial charge on any atom is 0.343 e. The Bertz CT molecular complexity index is 541. The first-order valence-electron chi connectivity index (χ1n) is 8.66. The molecule has 0 bridgehead atoms. The van der Waals surface area contributed by atoms with E-state index in [2.05, 4.69) is 22.2 Å². The summed E-state index contributed by atoms with van der Waals surface area (Å²) in [4.78, 5) is 11.2. The van der Waals surface area contributed by atoms with E-state index in [1.165, 1.54) is 13.5 Å². The van der Waals surface area contributed by atoms with E-state index < -0.39 is 5.60 Å². The average molecular weight is 335 g/mol. The van der Waals surface area contributed by atoms with Crippen molar-refractivity contribution in [3.63, 3.8) is 0 Å². The van der Waals surface area contributed by atoms with Crippen LogP contribution in [0.2, 0.25) is 0 Å². The van der Waals surface area contributed by atoms with E-state index in [1.807, 2.05) is 13.8 Å². The zero-order valence-electron chi connectivity index (χ0n) is 15.0. The van der Waals surface area contributed by atoms with E-state index in [-0.39, 0.29) is 12.6 Å². The van der Waals surface area contributed by atoms with E-state index in [1.54, 1.807) is 0 Å². The first kappa shape index (κ1) is 18.7. The molecule has 134 valence electrons. The van der Waals surface area contributed by atoms with Gasteiger partial charge in [-0.2, -0.15) is 0 Å². The molecule has 0 spiro atoms. The zero-order valence-corrected chi connectivity index (χ0v) is 15.0. The van der Waals surface area contributed by atoms with Gasteiger partial charge in [-0.15, -0.1) is 0 Å². The Kier molecular flexibility index (Phi) is 6.63. The molecule has 1 aliphatic carbocycles. The van der Waals surface area contributed by atoms with Crippen LogP contribution >= 0.6 is 0 Å². The van der Waals surface area contributed by atoms with Gasteiger partial charge in [0.2, 0.25) is 0 Å². The number of hydrogen-bond donors (Lipinski definition) is 2. The highest BCUT2D eigenvalue weighted by Gasteiger charge is 2.28. The van der Waals surface area contributed by atoms with Gasteiger partial charge in [0.15, 0.2) is 6.61 Å². The van der Waals surface area contributed by atoms with Crippen LogP contribution in [0, 0.1) is 13.8 Å². The molecule has 5 nitrogen and oxygen atoms in total. The quantitative estimate of drug-likeness (QED) is 0.750. The van der Waals surface area contributed by atoms with Crippen LogP contribution in [0.15, 0.2) is 12.1 Å². The molecular weight excluding hydrogens is 306 g/mol. The number of carbonyl (C=O) groups is 1. The number of methoxy groups -OCH3 is 1. The number of benzene rings is 1. The molecule has 0 amide bonds. The van der Waals surface area contributed by atoms with Crippen molar-refractivity contribution in [2.75, 3.05) is 20.3 Å². The third kappa shape index (κ3) is 5.21. The lowest BCUT2D eigenvalue weighted by Gasteiger charge is -2.32. The number of ether oxygens (including phenoxy) is 2. The molecule has 0 aliphatic heterocycles. The summed E-state index contributed by atoms with van der Waals surface area (Å²) in [5.41, 5.74) is 2.58. The minimum Gasteiger partial charge on any atom is -0.481 e. The number of nitrogens with one attached hydrogen (secondary N) is 1. The minimum atomic E-state index is -0.550. The Morgan fingerprint density at radius 1 is 1.21 bits per heavy atom. The predicted molar refractivity (Wildman–Crippen MR) is 93.2 cm³/mol. The van der Waals surface area contributed by atoms with Gasteiger partial charge in [-0.3, -0.25) is 0 Å². The average Bonchev–Trinajstić information content (AvgIpc) is 2.54. The van der Waals surface area contributed by atoms with Crippen LogP contribution in [0.1, 0.15) is 48.8 Å². The van der Waals surface area contributed by atoms with Crippen LogP contribution in [0.4, 0.5) is 0 Å². The highest BCUT2D eigenvalue weighted by Crippen LogP contribution is 2.28.